The zero-order chi connectivity index (χ0) is 27.0. The van der Waals surface area contributed by atoms with Gasteiger partial charge in [0.2, 0.25) is 0 Å². The van der Waals surface area contributed by atoms with E-state index < -0.39 is 12.4 Å². The molecule has 0 N–H and O–H groups in total. The molecular formula is C31H50O6. The fourth-order valence-corrected chi connectivity index (χ4v) is 4.92. The quantitative estimate of drug-likeness (QED) is 0.158. The van der Waals surface area contributed by atoms with Gasteiger partial charge in [0, 0.05) is 12.8 Å². The van der Waals surface area contributed by atoms with E-state index in [1.54, 1.807) is 0 Å². The highest BCUT2D eigenvalue weighted by Crippen LogP contribution is 2.34. The standard InChI is InChI=1S/C31H50O6/c1-6-7-8-9-10-11-12-13-17-20-28(21-29(33)34-22-27-18-15-14-16-19-27)37-31-30(36-26(5)32)24(3)23(2)25(4)35-31/h14-16,18-19,23-25,28,30-31H,6-13,17,20-22H2,1-5H3/t23-,24+,25?,28?,30?,31+/m1/s1. The average molecular weight is 519 g/mol. The molecule has 0 amide bonds. The van der Waals surface area contributed by atoms with Gasteiger partial charge >= 0.3 is 11.9 Å². The molecule has 1 heterocycles. The predicted molar refractivity (Wildman–Crippen MR) is 146 cm³/mol. The number of hydrogen-bond acceptors (Lipinski definition) is 6. The van der Waals surface area contributed by atoms with Crippen LogP contribution in [-0.2, 0) is 35.1 Å². The Morgan fingerprint density at radius 2 is 1.51 bits per heavy atom. The topological polar surface area (TPSA) is 71.1 Å². The first-order valence-electron chi connectivity index (χ1n) is 14.5. The molecule has 0 spiro atoms. The van der Waals surface area contributed by atoms with Gasteiger partial charge in [-0.25, -0.2) is 0 Å². The maximum absolute atomic E-state index is 12.7. The summed E-state index contributed by atoms with van der Waals surface area (Å²) in [6, 6.07) is 9.67. The zero-order valence-electron chi connectivity index (χ0n) is 23.8. The maximum atomic E-state index is 12.7. The van der Waals surface area contributed by atoms with Crippen LogP contribution >= 0.6 is 0 Å². The Balaban J connectivity index is 1.94. The van der Waals surface area contributed by atoms with Crippen molar-refractivity contribution >= 4 is 11.9 Å². The molecule has 1 aliphatic heterocycles. The van der Waals surface area contributed by atoms with E-state index in [-0.39, 0.29) is 49.0 Å². The molecule has 6 atom stereocenters. The summed E-state index contributed by atoms with van der Waals surface area (Å²) < 4.78 is 23.7. The molecule has 210 valence electrons. The monoisotopic (exact) mass is 518 g/mol. The number of benzene rings is 1. The zero-order valence-corrected chi connectivity index (χ0v) is 23.8. The molecule has 1 saturated heterocycles. The Hall–Kier alpha value is -1.92. The average Bonchev–Trinajstić information content (AvgIpc) is 2.88. The molecule has 2 rings (SSSR count). The molecule has 1 aliphatic rings. The van der Waals surface area contributed by atoms with Gasteiger partial charge in [0.1, 0.15) is 6.61 Å². The van der Waals surface area contributed by atoms with Crippen LogP contribution < -0.4 is 0 Å². The lowest BCUT2D eigenvalue weighted by molar-refractivity contribution is -0.285. The Bertz CT molecular complexity index is 766. The lowest BCUT2D eigenvalue weighted by atomic mass is 9.84. The van der Waals surface area contributed by atoms with Gasteiger partial charge in [0.25, 0.3) is 0 Å². The molecule has 3 unspecified atom stereocenters. The molecule has 1 aromatic carbocycles. The molecule has 0 saturated carbocycles. The summed E-state index contributed by atoms with van der Waals surface area (Å²) in [5.41, 5.74) is 0.953. The second-order valence-corrected chi connectivity index (χ2v) is 10.7. The van der Waals surface area contributed by atoms with Crippen molar-refractivity contribution in [3.63, 3.8) is 0 Å². The third-order valence-electron chi connectivity index (χ3n) is 7.60. The first-order valence-corrected chi connectivity index (χ1v) is 14.5. The minimum absolute atomic E-state index is 0.0369. The van der Waals surface area contributed by atoms with Crippen LogP contribution in [0, 0.1) is 11.8 Å². The van der Waals surface area contributed by atoms with Crippen molar-refractivity contribution in [1.29, 1.82) is 0 Å². The van der Waals surface area contributed by atoms with Crippen molar-refractivity contribution in [3.8, 4) is 0 Å². The molecule has 1 aromatic rings. The van der Waals surface area contributed by atoms with Crippen LogP contribution in [0.3, 0.4) is 0 Å². The molecule has 1 fully saturated rings. The van der Waals surface area contributed by atoms with E-state index in [9.17, 15) is 9.59 Å². The first-order chi connectivity index (χ1) is 17.8. The normalized spacial score (nSPS) is 24.4. The largest absolute Gasteiger partial charge is 0.461 e. The molecule has 0 aromatic heterocycles. The van der Waals surface area contributed by atoms with Crippen LogP contribution in [-0.4, -0.2) is 36.5 Å². The minimum Gasteiger partial charge on any atom is -0.461 e. The second kappa shape index (κ2) is 17.6. The number of esters is 2. The van der Waals surface area contributed by atoms with Crippen LogP contribution in [0.4, 0.5) is 0 Å². The van der Waals surface area contributed by atoms with Gasteiger partial charge in [-0.3, -0.25) is 9.59 Å². The van der Waals surface area contributed by atoms with Crippen LogP contribution in [0.25, 0.3) is 0 Å². The highest BCUT2D eigenvalue weighted by Gasteiger charge is 2.43. The van der Waals surface area contributed by atoms with E-state index in [1.165, 1.54) is 51.9 Å². The maximum Gasteiger partial charge on any atom is 0.308 e. The van der Waals surface area contributed by atoms with Gasteiger partial charge in [-0.2, -0.15) is 0 Å². The lowest BCUT2D eigenvalue weighted by Gasteiger charge is -2.43. The second-order valence-electron chi connectivity index (χ2n) is 10.7. The lowest BCUT2D eigenvalue weighted by Crippen LogP contribution is -2.52. The fraction of sp³-hybridized carbons (Fsp3) is 0.742. The van der Waals surface area contributed by atoms with Gasteiger partial charge in [-0.15, -0.1) is 0 Å². The van der Waals surface area contributed by atoms with E-state index in [0.717, 1.165) is 24.8 Å². The highest BCUT2D eigenvalue weighted by atomic mass is 16.7. The number of carbonyl (C=O) groups excluding carboxylic acids is 2. The number of carbonyl (C=O) groups is 2. The van der Waals surface area contributed by atoms with E-state index >= 15 is 0 Å². The van der Waals surface area contributed by atoms with Crippen LogP contribution in [0.2, 0.25) is 0 Å². The molecule has 6 nitrogen and oxygen atoms in total. The third-order valence-corrected chi connectivity index (χ3v) is 7.60. The Kier molecular flexibility index (Phi) is 14.9. The van der Waals surface area contributed by atoms with Gasteiger partial charge in [-0.1, -0.05) is 109 Å². The molecule has 0 aliphatic carbocycles. The molecular weight excluding hydrogens is 468 g/mol. The Morgan fingerprint density at radius 3 is 2.14 bits per heavy atom. The summed E-state index contributed by atoms with van der Waals surface area (Å²) in [4.78, 5) is 24.6. The molecule has 0 bridgehead atoms. The van der Waals surface area contributed by atoms with Gasteiger partial charge < -0.3 is 18.9 Å². The number of hydrogen-bond donors (Lipinski definition) is 0. The minimum atomic E-state index is -0.699. The summed E-state index contributed by atoms with van der Waals surface area (Å²) >= 11 is 0. The number of rotatable bonds is 17. The van der Waals surface area contributed by atoms with Crippen LogP contribution in [0.1, 0.15) is 111 Å². The summed E-state index contributed by atoms with van der Waals surface area (Å²) in [7, 11) is 0. The molecule has 37 heavy (non-hydrogen) atoms. The SMILES string of the molecule is CCCCCCCCCCCC(CC(=O)OCc1ccccc1)O[C@@H]1OC(C)[C@H](C)[C@H](C)C1OC(C)=O. The van der Waals surface area contributed by atoms with Gasteiger partial charge in [-0.05, 0) is 24.8 Å². The van der Waals surface area contributed by atoms with Crippen LogP contribution in [0.5, 0.6) is 0 Å². The summed E-state index contributed by atoms with van der Waals surface area (Å²) in [5, 5.41) is 0. The number of ether oxygens (including phenoxy) is 4. The summed E-state index contributed by atoms with van der Waals surface area (Å²) in [5.74, 6) is -0.348. The van der Waals surface area contributed by atoms with E-state index in [4.69, 9.17) is 18.9 Å². The van der Waals surface area contributed by atoms with E-state index in [2.05, 4.69) is 20.8 Å². The van der Waals surface area contributed by atoms with Crippen molar-refractivity contribution in [2.24, 2.45) is 11.8 Å². The van der Waals surface area contributed by atoms with Crippen molar-refractivity contribution in [2.75, 3.05) is 0 Å². The first kappa shape index (κ1) is 31.3. The smallest absolute Gasteiger partial charge is 0.308 e. The van der Waals surface area contributed by atoms with Crippen molar-refractivity contribution in [2.45, 2.75) is 136 Å². The molecule has 0 radical (unpaired) electrons. The third kappa shape index (κ3) is 12.0. The van der Waals surface area contributed by atoms with E-state index in [1.807, 2.05) is 37.3 Å². The predicted octanol–water partition coefficient (Wildman–Crippen LogP) is 7.37. The number of unbranched alkanes of at least 4 members (excludes halogenated alkanes) is 8. The van der Waals surface area contributed by atoms with Crippen molar-refractivity contribution in [1.82, 2.24) is 0 Å². The van der Waals surface area contributed by atoms with Crippen LogP contribution in [0.15, 0.2) is 30.3 Å². The van der Waals surface area contributed by atoms with Crippen molar-refractivity contribution in [3.05, 3.63) is 35.9 Å². The highest BCUT2D eigenvalue weighted by molar-refractivity contribution is 5.70. The van der Waals surface area contributed by atoms with Crippen molar-refractivity contribution < 1.29 is 28.5 Å². The Morgan fingerprint density at radius 1 is 0.892 bits per heavy atom. The van der Waals surface area contributed by atoms with Gasteiger partial charge in [0.05, 0.1) is 18.6 Å². The summed E-state index contributed by atoms with van der Waals surface area (Å²) in [6.07, 6.45) is 10.3. The van der Waals surface area contributed by atoms with Gasteiger partial charge in [0.15, 0.2) is 12.4 Å². The molecule has 6 heteroatoms. The summed E-state index contributed by atoms with van der Waals surface area (Å²) in [6.45, 7) is 10.1. The fourth-order valence-electron chi connectivity index (χ4n) is 4.92. The Labute approximate surface area is 224 Å². The van der Waals surface area contributed by atoms with E-state index in [0.29, 0.717) is 0 Å².